The fourth-order valence-corrected chi connectivity index (χ4v) is 3.92. The number of aromatic nitrogens is 1. The number of hydrogen-bond acceptors (Lipinski definition) is 3. The molecule has 1 aliphatic rings. The summed E-state index contributed by atoms with van der Waals surface area (Å²) >= 11 is 1.47. The molecule has 0 aromatic carbocycles. The van der Waals surface area contributed by atoms with Gasteiger partial charge in [0.2, 0.25) is 5.91 Å². The summed E-state index contributed by atoms with van der Waals surface area (Å²) in [4.78, 5) is 26.7. The third-order valence-corrected chi connectivity index (χ3v) is 5.27. The Balaban J connectivity index is 1.68. The van der Waals surface area contributed by atoms with Gasteiger partial charge < -0.3 is 14.8 Å². The minimum Gasteiger partial charge on any atom is -0.353 e. The number of hydrogen-bond donors (Lipinski definition) is 1. The summed E-state index contributed by atoms with van der Waals surface area (Å²) in [5.74, 6) is -0.193. The molecule has 0 aliphatic carbocycles. The maximum absolute atomic E-state index is 12.7. The number of nitrogens with one attached hydrogen (secondary N) is 1. The predicted octanol–water partition coefficient (Wildman–Crippen LogP) is 2.96. The van der Waals surface area contributed by atoms with E-state index in [2.05, 4.69) is 16.0 Å². The highest BCUT2D eigenvalue weighted by atomic mass is 32.1. The van der Waals surface area contributed by atoms with Gasteiger partial charge in [0.1, 0.15) is 0 Å². The zero-order valence-electron chi connectivity index (χ0n) is 13.9. The molecule has 1 saturated heterocycles. The smallest absolute Gasteiger partial charge is 0.252 e. The summed E-state index contributed by atoms with van der Waals surface area (Å²) in [6.07, 6.45) is 6.28. The highest BCUT2D eigenvalue weighted by Gasteiger charge is 2.28. The molecule has 3 rings (SSSR count). The molecule has 6 heteroatoms. The molecule has 1 fully saturated rings. The second-order valence-electron chi connectivity index (χ2n) is 6.19. The molecular weight excluding hydrogens is 322 g/mol. The molecule has 128 valence electrons. The molecule has 1 aliphatic heterocycles. The maximum atomic E-state index is 12.7. The number of carbonyl (C=O) groups excluding carboxylic acids is 2. The van der Waals surface area contributed by atoms with Crippen LogP contribution in [0.5, 0.6) is 0 Å². The Morgan fingerprint density at radius 3 is 2.88 bits per heavy atom. The normalized spacial score (nSPS) is 18.2. The highest BCUT2D eigenvalue weighted by molar-refractivity contribution is 7.08. The van der Waals surface area contributed by atoms with Crippen LogP contribution in [0, 0.1) is 0 Å². The van der Waals surface area contributed by atoms with E-state index in [-0.39, 0.29) is 24.4 Å². The van der Waals surface area contributed by atoms with Crippen LogP contribution in [-0.4, -0.2) is 34.4 Å². The summed E-state index contributed by atoms with van der Waals surface area (Å²) in [6, 6.07) is 5.96. The van der Waals surface area contributed by atoms with Gasteiger partial charge in [-0.25, -0.2) is 0 Å². The fraction of sp³-hybridized carbons (Fsp3) is 0.444. The molecule has 0 saturated carbocycles. The van der Waals surface area contributed by atoms with E-state index in [0.717, 1.165) is 37.9 Å². The number of aryl methyl sites for hydroxylation is 1. The first-order valence-electron chi connectivity index (χ1n) is 8.38. The molecule has 1 atom stereocenters. The summed E-state index contributed by atoms with van der Waals surface area (Å²) in [7, 11) is 2.02. The van der Waals surface area contributed by atoms with Gasteiger partial charge in [-0.2, -0.15) is 11.3 Å². The van der Waals surface area contributed by atoms with Crippen molar-refractivity contribution in [2.75, 3.05) is 13.1 Å². The molecule has 5 nitrogen and oxygen atoms in total. The Labute approximate surface area is 146 Å². The van der Waals surface area contributed by atoms with Crippen LogP contribution in [0.15, 0.2) is 35.2 Å². The molecule has 2 aromatic rings. The van der Waals surface area contributed by atoms with E-state index in [4.69, 9.17) is 0 Å². The van der Waals surface area contributed by atoms with E-state index in [0.29, 0.717) is 5.56 Å². The Morgan fingerprint density at radius 1 is 1.29 bits per heavy atom. The quantitative estimate of drug-likeness (QED) is 0.926. The molecule has 0 bridgehead atoms. The Morgan fingerprint density at radius 2 is 2.17 bits per heavy atom. The second-order valence-corrected chi connectivity index (χ2v) is 6.97. The first kappa shape index (κ1) is 16.8. The van der Waals surface area contributed by atoms with Gasteiger partial charge in [-0.1, -0.05) is 12.8 Å². The molecular formula is C18H23N3O2S. The number of carbonyl (C=O) groups is 2. The Bertz CT molecular complexity index is 693. The summed E-state index contributed by atoms with van der Waals surface area (Å²) < 4.78 is 2.08. The van der Waals surface area contributed by atoms with Crippen LogP contribution < -0.4 is 5.32 Å². The first-order valence-corrected chi connectivity index (χ1v) is 9.32. The highest BCUT2D eigenvalue weighted by Crippen LogP contribution is 2.30. The molecule has 0 radical (unpaired) electrons. The third kappa shape index (κ3) is 3.70. The summed E-state index contributed by atoms with van der Waals surface area (Å²) in [5.41, 5.74) is 1.78. The van der Waals surface area contributed by atoms with Crippen molar-refractivity contribution in [2.24, 2.45) is 7.05 Å². The van der Waals surface area contributed by atoms with Crippen molar-refractivity contribution in [3.8, 4) is 0 Å². The van der Waals surface area contributed by atoms with Crippen LogP contribution in [0.2, 0.25) is 0 Å². The van der Waals surface area contributed by atoms with Gasteiger partial charge in [-0.05, 0) is 36.4 Å². The lowest BCUT2D eigenvalue weighted by Crippen LogP contribution is -2.42. The van der Waals surface area contributed by atoms with Crippen LogP contribution in [0.3, 0.4) is 0 Å². The Kier molecular flexibility index (Phi) is 5.35. The van der Waals surface area contributed by atoms with E-state index in [1.807, 2.05) is 29.6 Å². The molecule has 2 aromatic heterocycles. The molecule has 0 spiro atoms. The van der Waals surface area contributed by atoms with Gasteiger partial charge in [-0.15, -0.1) is 0 Å². The molecule has 24 heavy (non-hydrogen) atoms. The van der Waals surface area contributed by atoms with Crippen LogP contribution in [-0.2, 0) is 11.8 Å². The van der Waals surface area contributed by atoms with Crippen LogP contribution >= 0.6 is 11.3 Å². The number of rotatable bonds is 4. The lowest BCUT2D eigenvalue weighted by Gasteiger charge is -2.30. The number of amides is 2. The Hall–Kier alpha value is -2.08. The van der Waals surface area contributed by atoms with Gasteiger partial charge in [0.05, 0.1) is 12.6 Å². The van der Waals surface area contributed by atoms with Crippen molar-refractivity contribution < 1.29 is 9.59 Å². The van der Waals surface area contributed by atoms with E-state index >= 15 is 0 Å². The van der Waals surface area contributed by atoms with Gasteiger partial charge in [-0.3, -0.25) is 9.59 Å². The van der Waals surface area contributed by atoms with Crippen molar-refractivity contribution >= 4 is 23.2 Å². The van der Waals surface area contributed by atoms with Crippen molar-refractivity contribution in [3.05, 3.63) is 46.4 Å². The molecule has 1 unspecified atom stereocenters. The SMILES string of the molecule is Cn1cccc1C1CCCCCN1C(=O)CNC(=O)c1ccsc1. The van der Waals surface area contributed by atoms with Crippen LogP contribution in [0.4, 0.5) is 0 Å². The van der Waals surface area contributed by atoms with Crippen LogP contribution in [0.1, 0.15) is 47.8 Å². The summed E-state index contributed by atoms with van der Waals surface area (Å²) in [5, 5.41) is 6.40. The van der Waals surface area contributed by atoms with Gasteiger partial charge in [0.15, 0.2) is 0 Å². The minimum atomic E-state index is -0.185. The third-order valence-electron chi connectivity index (χ3n) is 4.58. The van der Waals surface area contributed by atoms with Crippen molar-refractivity contribution in [1.82, 2.24) is 14.8 Å². The zero-order chi connectivity index (χ0) is 16.9. The van der Waals surface area contributed by atoms with Crippen molar-refractivity contribution in [3.63, 3.8) is 0 Å². The lowest BCUT2D eigenvalue weighted by molar-refractivity contribution is -0.132. The van der Waals surface area contributed by atoms with Crippen molar-refractivity contribution in [1.29, 1.82) is 0 Å². The number of nitrogens with zero attached hydrogens (tertiary/aromatic N) is 2. The van der Waals surface area contributed by atoms with E-state index in [1.165, 1.54) is 11.3 Å². The van der Waals surface area contributed by atoms with E-state index < -0.39 is 0 Å². The van der Waals surface area contributed by atoms with Gasteiger partial charge >= 0.3 is 0 Å². The molecule has 1 N–H and O–H groups in total. The molecule has 3 heterocycles. The fourth-order valence-electron chi connectivity index (χ4n) is 3.29. The number of likely N-dealkylation sites (tertiary alicyclic amines) is 1. The average Bonchev–Trinajstić information content (AvgIpc) is 3.19. The predicted molar refractivity (Wildman–Crippen MR) is 95.0 cm³/mol. The largest absolute Gasteiger partial charge is 0.353 e. The minimum absolute atomic E-state index is 0.00770. The lowest BCUT2D eigenvalue weighted by atomic mass is 10.1. The average molecular weight is 345 g/mol. The second kappa shape index (κ2) is 7.66. The maximum Gasteiger partial charge on any atom is 0.252 e. The molecule has 2 amide bonds. The topological polar surface area (TPSA) is 54.3 Å². The monoisotopic (exact) mass is 345 g/mol. The van der Waals surface area contributed by atoms with E-state index in [1.54, 1.807) is 11.4 Å². The van der Waals surface area contributed by atoms with Gasteiger partial charge in [0, 0.05) is 36.4 Å². The number of thiophene rings is 1. The van der Waals surface area contributed by atoms with Gasteiger partial charge in [0.25, 0.3) is 5.91 Å². The summed E-state index contributed by atoms with van der Waals surface area (Å²) in [6.45, 7) is 0.804. The standard InChI is InChI=1S/C18H23N3O2S/c1-20-9-5-7-15(20)16-6-3-2-4-10-21(16)17(22)12-19-18(23)14-8-11-24-13-14/h5,7-9,11,13,16H,2-4,6,10,12H2,1H3,(H,19,23). The van der Waals surface area contributed by atoms with Crippen molar-refractivity contribution in [2.45, 2.75) is 31.7 Å². The first-order chi connectivity index (χ1) is 11.7. The van der Waals surface area contributed by atoms with Crippen LogP contribution in [0.25, 0.3) is 0 Å². The van der Waals surface area contributed by atoms with E-state index in [9.17, 15) is 9.59 Å². The zero-order valence-corrected chi connectivity index (χ0v) is 14.7.